The number of hydrogen-bond donors (Lipinski definition) is 2. The molecule has 1 amide bonds. The summed E-state index contributed by atoms with van der Waals surface area (Å²) >= 11 is 0. The van der Waals surface area contributed by atoms with E-state index in [1.165, 1.54) is 0 Å². The molecule has 0 spiro atoms. The van der Waals surface area contributed by atoms with Gasteiger partial charge in [0.15, 0.2) is 6.29 Å². The van der Waals surface area contributed by atoms with Gasteiger partial charge in [0.1, 0.15) is 24.4 Å². The lowest BCUT2D eigenvalue weighted by molar-refractivity contribution is -0.282. The van der Waals surface area contributed by atoms with Crippen molar-refractivity contribution in [3.63, 3.8) is 0 Å². The van der Waals surface area contributed by atoms with Crippen LogP contribution in [-0.4, -0.2) is 80.8 Å². The Morgan fingerprint density at radius 1 is 1.03 bits per heavy atom. The van der Waals surface area contributed by atoms with Gasteiger partial charge in [-0.1, -0.05) is 46.1 Å². The minimum atomic E-state index is -0.793. The van der Waals surface area contributed by atoms with Crippen LogP contribution in [0.5, 0.6) is 0 Å². The van der Waals surface area contributed by atoms with Gasteiger partial charge in [0.2, 0.25) is 5.91 Å². The number of aliphatic hydroxyl groups is 1. The van der Waals surface area contributed by atoms with E-state index < -0.39 is 30.6 Å². The van der Waals surface area contributed by atoms with Crippen molar-refractivity contribution in [3.8, 4) is 0 Å². The van der Waals surface area contributed by atoms with Gasteiger partial charge in [0.05, 0.1) is 25.7 Å². The number of unbranched alkanes of at least 4 members (excludes halogenated alkanes) is 3. The largest absolute Gasteiger partial charge is 0.394 e. The van der Waals surface area contributed by atoms with E-state index in [-0.39, 0.29) is 31.6 Å². The maximum Gasteiger partial charge on any atom is 0.223 e. The van der Waals surface area contributed by atoms with Gasteiger partial charge in [-0.15, -0.1) is 6.58 Å². The van der Waals surface area contributed by atoms with Gasteiger partial charge in [-0.25, -0.2) is 0 Å². The molecule has 0 aromatic carbocycles. The van der Waals surface area contributed by atoms with Crippen molar-refractivity contribution < 1.29 is 33.6 Å². The monoisotopic (exact) mass is 473 g/mol. The zero-order valence-electron chi connectivity index (χ0n) is 21.1. The lowest BCUT2D eigenvalue weighted by Gasteiger charge is -2.46. The van der Waals surface area contributed by atoms with Crippen molar-refractivity contribution in [2.75, 3.05) is 33.0 Å². The first-order valence-electron chi connectivity index (χ1n) is 12.6. The Labute approximate surface area is 200 Å². The molecule has 0 saturated carbocycles. The SMILES string of the molecule is C=CCO[C@H]1OC(CO)C(OCCCC)[C@@H](OCCCC)[C@@H]1NC(=O)C[C@@H](C)OCCCC. The van der Waals surface area contributed by atoms with Crippen LogP contribution < -0.4 is 5.32 Å². The highest BCUT2D eigenvalue weighted by Gasteiger charge is 2.48. The highest BCUT2D eigenvalue weighted by atomic mass is 16.7. The van der Waals surface area contributed by atoms with Crippen LogP contribution >= 0.6 is 0 Å². The van der Waals surface area contributed by atoms with Crippen molar-refractivity contribution in [1.29, 1.82) is 0 Å². The summed E-state index contributed by atoms with van der Waals surface area (Å²) < 4.78 is 30.0. The number of nitrogens with one attached hydrogen (secondary N) is 1. The standard InChI is InChI=1S/C25H47NO7/c1-6-10-14-29-19(5)17-21(28)26-22-24(31-16-12-8-3)23(30-15-11-7-2)20(18-27)33-25(22)32-13-9-4/h9,19-20,22-25,27H,4,6-8,10-18H2,1-3,5H3,(H,26,28)/t19-,20?,22+,23?,24+,25+/m1/s1. The van der Waals surface area contributed by atoms with Gasteiger partial charge in [0, 0.05) is 19.8 Å². The number of rotatable bonds is 19. The summed E-state index contributed by atoms with van der Waals surface area (Å²) in [5.74, 6) is -0.168. The van der Waals surface area contributed by atoms with E-state index in [1.807, 2.05) is 6.92 Å². The Morgan fingerprint density at radius 2 is 1.64 bits per heavy atom. The van der Waals surface area contributed by atoms with Crippen LogP contribution in [0.4, 0.5) is 0 Å². The van der Waals surface area contributed by atoms with Crippen molar-refractivity contribution in [2.24, 2.45) is 0 Å². The zero-order chi connectivity index (χ0) is 24.5. The molecular formula is C25H47NO7. The average molecular weight is 474 g/mol. The van der Waals surface area contributed by atoms with E-state index in [1.54, 1.807) is 6.08 Å². The Bertz CT molecular complexity index is 519. The average Bonchev–Trinajstić information content (AvgIpc) is 2.80. The third kappa shape index (κ3) is 11.3. The maximum absolute atomic E-state index is 12.9. The fraction of sp³-hybridized carbons (Fsp3) is 0.880. The van der Waals surface area contributed by atoms with E-state index in [0.717, 1.165) is 38.5 Å². The molecule has 194 valence electrons. The predicted octanol–water partition coefficient (Wildman–Crippen LogP) is 3.36. The van der Waals surface area contributed by atoms with E-state index in [0.29, 0.717) is 19.8 Å². The van der Waals surface area contributed by atoms with Crippen LogP contribution in [0.3, 0.4) is 0 Å². The Morgan fingerprint density at radius 3 is 2.21 bits per heavy atom. The van der Waals surface area contributed by atoms with Gasteiger partial charge in [-0.3, -0.25) is 4.79 Å². The van der Waals surface area contributed by atoms with E-state index in [4.69, 9.17) is 23.7 Å². The molecule has 1 aliphatic heterocycles. The molecule has 8 heteroatoms. The molecule has 0 aromatic heterocycles. The first-order valence-corrected chi connectivity index (χ1v) is 12.6. The topological polar surface area (TPSA) is 95.5 Å². The smallest absolute Gasteiger partial charge is 0.223 e. The molecule has 1 saturated heterocycles. The summed E-state index contributed by atoms with van der Waals surface area (Å²) in [6, 6.07) is -0.591. The summed E-state index contributed by atoms with van der Waals surface area (Å²) in [7, 11) is 0. The van der Waals surface area contributed by atoms with Crippen LogP contribution in [0.15, 0.2) is 12.7 Å². The Balaban J connectivity index is 3.01. The third-order valence-electron chi connectivity index (χ3n) is 5.52. The quantitative estimate of drug-likeness (QED) is 0.219. The summed E-state index contributed by atoms with van der Waals surface area (Å²) in [4.78, 5) is 12.9. The molecule has 6 atom stereocenters. The number of ether oxygens (including phenoxy) is 5. The first-order chi connectivity index (χ1) is 16.0. The lowest BCUT2D eigenvalue weighted by Crippen LogP contribution is -2.66. The predicted molar refractivity (Wildman–Crippen MR) is 128 cm³/mol. The van der Waals surface area contributed by atoms with Gasteiger partial charge < -0.3 is 34.1 Å². The lowest BCUT2D eigenvalue weighted by atomic mass is 9.95. The van der Waals surface area contributed by atoms with Crippen LogP contribution in [0.25, 0.3) is 0 Å². The highest BCUT2D eigenvalue weighted by Crippen LogP contribution is 2.27. The molecule has 1 rings (SSSR count). The molecule has 0 aromatic rings. The number of carbonyl (C=O) groups excluding carboxylic acids is 1. The van der Waals surface area contributed by atoms with Crippen LogP contribution in [0.1, 0.15) is 72.6 Å². The second-order valence-electron chi connectivity index (χ2n) is 8.56. The molecule has 0 radical (unpaired) electrons. The molecule has 1 heterocycles. The van der Waals surface area contributed by atoms with E-state index in [9.17, 15) is 9.90 Å². The molecule has 1 aliphatic rings. The maximum atomic E-state index is 12.9. The van der Waals surface area contributed by atoms with Crippen molar-refractivity contribution in [2.45, 2.75) is 109 Å². The van der Waals surface area contributed by atoms with Gasteiger partial charge in [-0.2, -0.15) is 0 Å². The Kier molecular flexibility index (Phi) is 16.7. The van der Waals surface area contributed by atoms with Gasteiger partial charge in [-0.05, 0) is 26.2 Å². The van der Waals surface area contributed by atoms with Crippen molar-refractivity contribution in [3.05, 3.63) is 12.7 Å². The van der Waals surface area contributed by atoms with Crippen LogP contribution in [0, 0.1) is 0 Å². The van der Waals surface area contributed by atoms with Crippen molar-refractivity contribution in [1.82, 2.24) is 5.32 Å². The Hall–Kier alpha value is -1.03. The molecule has 33 heavy (non-hydrogen) atoms. The molecule has 0 aliphatic carbocycles. The number of aliphatic hydroxyl groups excluding tert-OH is 1. The van der Waals surface area contributed by atoms with Crippen LogP contribution in [0.2, 0.25) is 0 Å². The van der Waals surface area contributed by atoms with Gasteiger partial charge in [0.25, 0.3) is 0 Å². The second kappa shape index (κ2) is 18.3. The summed E-state index contributed by atoms with van der Waals surface area (Å²) in [6.45, 7) is 13.6. The molecule has 2 N–H and O–H groups in total. The highest BCUT2D eigenvalue weighted by molar-refractivity contribution is 5.76. The fourth-order valence-electron chi connectivity index (χ4n) is 3.63. The number of amides is 1. The van der Waals surface area contributed by atoms with Crippen LogP contribution in [-0.2, 0) is 28.5 Å². The fourth-order valence-corrected chi connectivity index (χ4v) is 3.63. The third-order valence-corrected chi connectivity index (χ3v) is 5.52. The summed E-state index contributed by atoms with van der Waals surface area (Å²) in [5.41, 5.74) is 0. The number of carbonyl (C=O) groups is 1. The minimum absolute atomic E-state index is 0.168. The van der Waals surface area contributed by atoms with E-state index in [2.05, 4.69) is 32.7 Å². The minimum Gasteiger partial charge on any atom is -0.394 e. The zero-order valence-corrected chi connectivity index (χ0v) is 21.1. The molecular weight excluding hydrogens is 426 g/mol. The number of hydrogen-bond acceptors (Lipinski definition) is 7. The van der Waals surface area contributed by atoms with Gasteiger partial charge >= 0.3 is 0 Å². The summed E-state index contributed by atoms with van der Waals surface area (Å²) in [6.07, 6.45) is 4.93. The molecule has 0 bridgehead atoms. The van der Waals surface area contributed by atoms with E-state index >= 15 is 0 Å². The first kappa shape index (κ1) is 30.0. The molecule has 2 unspecified atom stereocenters. The molecule has 8 nitrogen and oxygen atoms in total. The van der Waals surface area contributed by atoms with Crippen molar-refractivity contribution >= 4 is 5.91 Å². The summed E-state index contributed by atoms with van der Waals surface area (Å²) in [5, 5.41) is 13.1. The molecule has 1 fully saturated rings. The normalized spacial score (nSPS) is 26.2. The second-order valence-corrected chi connectivity index (χ2v) is 8.56.